The standard InChI is InChI=1S/C21H16N4O4/c1-28-17-10-7-16(8-11-17)24-20-19(25(26)27)21(23-13-22-20)29-18-9-6-14-4-2-3-5-15(14)12-18/h2-13H,1H3,(H,22,23,24). The van der Waals surface area contributed by atoms with Crippen LogP contribution in [0, 0.1) is 10.1 Å². The fourth-order valence-electron chi connectivity index (χ4n) is 2.85. The molecule has 0 aliphatic heterocycles. The number of hydrogen-bond donors (Lipinski definition) is 1. The first kappa shape index (κ1) is 18.2. The zero-order chi connectivity index (χ0) is 20.2. The van der Waals surface area contributed by atoms with E-state index in [1.807, 2.05) is 30.3 Å². The van der Waals surface area contributed by atoms with E-state index >= 15 is 0 Å². The zero-order valence-corrected chi connectivity index (χ0v) is 15.4. The summed E-state index contributed by atoms with van der Waals surface area (Å²) in [6, 6.07) is 20.1. The summed E-state index contributed by atoms with van der Waals surface area (Å²) < 4.78 is 10.9. The van der Waals surface area contributed by atoms with Gasteiger partial charge in [0.05, 0.1) is 12.0 Å². The normalized spacial score (nSPS) is 10.5. The minimum atomic E-state index is -0.567. The molecule has 0 spiro atoms. The van der Waals surface area contributed by atoms with Crippen LogP contribution in [0.25, 0.3) is 10.8 Å². The third kappa shape index (κ3) is 3.91. The minimum absolute atomic E-state index is 0.0333. The molecule has 0 unspecified atom stereocenters. The molecule has 0 aliphatic rings. The lowest BCUT2D eigenvalue weighted by Gasteiger charge is -2.10. The van der Waals surface area contributed by atoms with E-state index in [1.54, 1.807) is 43.5 Å². The monoisotopic (exact) mass is 388 g/mol. The van der Waals surface area contributed by atoms with Gasteiger partial charge in [-0.2, -0.15) is 4.98 Å². The number of fused-ring (bicyclic) bond motifs is 1. The Morgan fingerprint density at radius 2 is 1.66 bits per heavy atom. The molecule has 3 aromatic carbocycles. The number of nitrogens with one attached hydrogen (secondary N) is 1. The van der Waals surface area contributed by atoms with E-state index in [0.717, 1.165) is 10.8 Å². The topological polar surface area (TPSA) is 99.4 Å². The maximum absolute atomic E-state index is 11.7. The Hall–Kier alpha value is -4.20. The Labute approximate surface area is 165 Å². The van der Waals surface area contributed by atoms with Crippen LogP contribution in [0.2, 0.25) is 0 Å². The lowest BCUT2D eigenvalue weighted by Crippen LogP contribution is -2.03. The molecule has 0 saturated heterocycles. The predicted octanol–water partition coefficient (Wildman–Crippen LogP) is 5.08. The summed E-state index contributed by atoms with van der Waals surface area (Å²) >= 11 is 0. The molecule has 0 aliphatic carbocycles. The third-order valence-corrected chi connectivity index (χ3v) is 4.26. The highest BCUT2D eigenvalue weighted by Gasteiger charge is 2.25. The van der Waals surface area contributed by atoms with E-state index in [4.69, 9.17) is 9.47 Å². The van der Waals surface area contributed by atoms with Gasteiger partial charge in [0, 0.05) is 5.69 Å². The number of nitrogens with zero attached hydrogens (tertiary/aromatic N) is 3. The van der Waals surface area contributed by atoms with Gasteiger partial charge in [-0.25, -0.2) is 4.98 Å². The van der Waals surface area contributed by atoms with E-state index in [1.165, 1.54) is 6.33 Å². The molecule has 29 heavy (non-hydrogen) atoms. The Morgan fingerprint density at radius 3 is 2.38 bits per heavy atom. The van der Waals surface area contributed by atoms with Gasteiger partial charge in [-0.3, -0.25) is 10.1 Å². The molecule has 4 aromatic rings. The van der Waals surface area contributed by atoms with E-state index in [-0.39, 0.29) is 17.4 Å². The van der Waals surface area contributed by atoms with Crippen LogP contribution in [0.1, 0.15) is 0 Å². The van der Waals surface area contributed by atoms with Crippen molar-refractivity contribution in [3.8, 4) is 17.4 Å². The van der Waals surface area contributed by atoms with Crippen molar-refractivity contribution in [2.45, 2.75) is 0 Å². The highest BCUT2D eigenvalue weighted by Crippen LogP contribution is 2.36. The van der Waals surface area contributed by atoms with Crippen molar-refractivity contribution in [2.24, 2.45) is 0 Å². The minimum Gasteiger partial charge on any atom is -0.497 e. The van der Waals surface area contributed by atoms with Gasteiger partial charge in [-0.15, -0.1) is 0 Å². The van der Waals surface area contributed by atoms with Crippen molar-refractivity contribution >= 4 is 28.0 Å². The molecule has 0 atom stereocenters. The Balaban J connectivity index is 1.67. The molecular weight excluding hydrogens is 372 g/mol. The average molecular weight is 388 g/mol. The molecule has 8 nitrogen and oxygen atoms in total. The first-order valence-corrected chi connectivity index (χ1v) is 8.71. The maximum Gasteiger partial charge on any atom is 0.373 e. The van der Waals surface area contributed by atoms with Crippen molar-refractivity contribution in [1.82, 2.24) is 9.97 Å². The molecule has 1 heterocycles. The molecule has 4 rings (SSSR count). The SMILES string of the molecule is COc1ccc(Nc2ncnc(Oc3ccc4ccccc4c3)c2[N+](=O)[O-])cc1. The molecule has 8 heteroatoms. The quantitative estimate of drug-likeness (QED) is 0.363. The highest BCUT2D eigenvalue weighted by molar-refractivity contribution is 5.83. The fraction of sp³-hybridized carbons (Fsp3) is 0.0476. The first-order valence-electron chi connectivity index (χ1n) is 8.71. The van der Waals surface area contributed by atoms with Gasteiger partial charge in [0.15, 0.2) is 0 Å². The van der Waals surface area contributed by atoms with Crippen molar-refractivity contribution in [3.63, 3.8) is 0 Å². The fourth-order valence-corrected chi connectivity index (χ4v) is 2.85. The van der Waals surface area contributed by atoms with Gasteiger partial charge in [-0.05, 0) is 47.2 Å². The van der Waals surface area contributed by atoms with Crippen LogP contribution in [0.3, 0.4) is 0 Å². The second kappa shape index (κ2) is 7.81. The molecule has 0 fully saturated rings. The second-order valence-electron chi connectivity index (χ2n) is 6.10. The van der Waals surface area contributed by atoms with Crippen molar-refractivity contribution in [1.29, 1.82) is 0 Å². The summed E-state index contributed by atoms with van der Waals surface area (Å²) in [5.74, 6) is 1.01. The number of aromatic nitrogens is 2. The summed E-state index contributed by atoms with van der Waals surface area (Å²) in [5.41, 5.74) is 0.265. The number of ether oxygens (including phenoxy) is 2. The summed E-state index contributed by atoms with van der Waals surface area (Å²) in [7, 11) is 1.56. The van der Waals surface area contributed by atoms with Gasteiger partial charge in [0.1, 0.15) is 17.8 Å². The van der Waals surface area contributed by atoms with E-state index in [9.17, 15) is 10.1 Å². The smallest absolute Gasteiger partial charge is 0.373 e. The van der Waals surface area contributed by atoms with Crippen LogP contribution in [-0.2, 0) is 0 Å². The largest absolute Gasteiger partial charge is 0.497 e. The summed E-state index contributed by atoms with van der Waals surface area (Å²) in [4.78, 5) is 19.1. The lowest BCUT2D eigenvalue weighted by atomic mass is 10.1. The summed E-state index contributed by atoms with van der Waals surface area (Å²) in [6.45, 7) is 0. The average Bonchev–Trinajstić information content (AvgIpc) is 2.74. The van der Waals surface area contributed by atoms with Crippen molar-refractivity contribution < 1.29 is 14.4 Å². The molecule has 0 radical (unpaired) electrons. The maximum atomic E-state index is 11.7. The number of rotatable bonds is 6. The molecule has 0 saturated carbocycles. The number of hydrogen-bond acceptors (Lipinski definition) is 7. The van der Waals surface area contributed by atoms with Gasteiger partial charge in [-0.1, -0.05) is 30.3 Å². The number of anilines is 2. The second-order valence-corrected chi connectivity index (χ2v) is 6.10. The molecule has 0 amide bonds. The lowest BCUT2D eigenvalue weighted by molar-refractivity contribution is -0.385. The van der Waals surface area contributed by atoms with E-state index in [2.05, 4.69) is 15.3 Å². The highest BCUT2D eigenvalue weighted by atomic mass is 16.6. The van der Waals surface area contributed by atoms with Gasteiger partial charge in [0.2, 0.25) is 5.82 Å². The Bertz CT molecular complexity index is 1180. The van der Waals surface area contributed by atoms with Crippen molar-refractivity contribution in [3.05, 3.63) is 83.2 Å². The van der Waals surface area contributed by atoms with Crippen LogP contribution >= 0.6 is 0 Å². The molecule has 1 aromatic heterocycles. The predicted molar refractivity (Wildman–Crippen MR) is 109 cm³/mol. The van der Waals surface area contributed by atoms with Crippen LogP contribution < -0.4 is 14.8 Å². The zero-order valence-electron chi connectivity index (χ0n) is 15.4. The van der Waals surface area contributed by atoms with E-state index < -0.39 is 4.92 Å². The Morgan fingerprint density at radius 1 is 0.931 bits per heavy atom. The Kier molecular flexibility index (Phi) is 4.90. The summed E-state index contributed by atoms with van der Waals surface area (Å²) in [6.07, 6.45) is 1.22. The molecular formula is C21H16N4O4. The van der Waals surface area contributed by atoms with Gasteiger partial charge < -0.3 is 14.8 Å². The molecule has 144 valence electrons. The number of methoxy groups -OCH3 is 1. The van der Waals surface area contributed by atoms with Crippen LogP contribution in [-0.4, -0.2) is 22.0 Å². The van der Waals surface area contributed by atoms with Gasteiger partial charge in [0.25, 0.3) is 0 Å². The molecule has 0 bridgehead atoms. The van der Waals surface area contributed by atoms with E-state index in [0.29, 0.717) is 17.2 Å². The van der Waals surface area contributed by atoms with Crippen LogP contribution in [0.15, 0.2) is 73.1 Å². The summed E-state index contributed by atoms with van der Waals surface area (Å²) in [5, 5.41) is 16.7. The van der Waals surface area contributed by atoms with Gasteiger partial charge >= 0.3 is 11.6 Å². The number of nitro groups is 1. The number of benzene rings is 3. The van der Waals surface area contributed by atoms with Crippen molar-refractivity contribution in [2.75, 3.05) is 12.4 Å². The third-order valence-electron chi connectivity index (χ3n) is 4.26. The van der Waals surface area contributed by atoms with Crippen LogP contribution in [0.5, 0.6) is 17.4 Å². The first-order chi connectivity index (χ1) is 14.1. The van der Waals surface area contributed by atoms with Crippen LogP contribution in [0.4, 0.5) is 17.2 Å². The molecule has 1 N–H and O–H groups in total.